The fourth-order valence-electron chi connectivity index (χ4n) is 2.96. The van der Waals surface area contributed by atoms with E-state index in [1.165, 1.54) is 24.3 Å². The van der Waals surface area contributed by atoms with Crippen molar-refractivity contribution < 1.29 is 19.2 Å². The molecule has 0 aliphatic carbocycles. The Bertz CT molecular complexity index is 1280. The first-order valence-electron chi connectivity index (χ1n) is 9.60. The second kappa shape index (κ2) is 9.72. The molecule has 0 radical (unpaired) electrons. The number of nitrogens with one attached hydrogen (secondary N) is 1. The summed E-state index contributed by atoms with van der Waals surface area (Å²) < 4.78 is 5.76. The van der Waals surface area contributed by atoms with Gasteiger partial charge in [0.1, 0.15) is 17.1 Å². The minimum atomic E-state index is -0.679. The maximum atomic E-state index is 12.6. The number of phenols is 1. The average molecular weight is 473 g/mol. The summed E-state index contributed by atoms with van der Waals surface area (Å²) in [7, 11) is 0. The van der Waals surface area contributed by atoms with Crippen LogP contribution in [0, 0.1) is 10.1 Å². The van der Waals surface area contributed by atoms with Gasteiger partial charge in [0.15, 0.2) is 0 Å². The molecule has 0 aliphatic rings. The average Bonchev–Trinajstić information content (AvgIpc) is 3.21. The van der Waals surface area contributed by atoms with Gasteiger partial charge in [0.05, 0.1) is 26.2 Å². The zero-order valence-corrected chi connectivity index (χ0v) is 18.6. The predicted octanol–water partition coefficient (Wildman–Crippen LogP) is 7.30. The van der Waals surface area contributed by atoms with Crippen LogP contribution in [0.25, 0.3) is 22.3 Å². The van der Waals surface area contributed by atoms with Gasteiger partial charge in [-0.25, -0.2) is 0 Å². The van der Waals surface area contributed by atoms with Gasteiger partial charge < -0.3 is 14.8 Å². The number of aromatic hydroxyl groups is 1. The number of carbonyl (C=O) groups is 1. The van der Waals surface area contributed by atoms with E-state index in [4.69, 9.17) is 27.6 Å². The smallest absolute Gasteiger partial charge is 0.271 e. The molecule has 1 heterocycles. The Kier molecular flexibility index (Phi) is 7.02. The number of non-ortho nitro benzene ring substituents is 1. The number of nitro groups is 1. The highest BCUT2D eigenvalue weighted by Gasteiger charge is 2.19. The molecule has 7 nitrogen and oxygen atoms in total. The Morgan fingerprint density at radius 3 is 2.41 bits per heavy atom. The van der Waals surface area contributed by atoms with E-state index in [9.17, 15) is 20.0 Å². The van der Waals surface area contributed by atoms with Crippen molar-refractivity contribution in [3.05, 3.63) is 86.4 Å². The molecule has 0 aliphatic heterocycles. The summed E-state index contributed by atoms with van der Waals surface area (Å²) in [5.41, 5.74) is 0.950. The van der Waals surface area contributed by atoms with Crippen LogP contribution in [0.15, 0.2) is 65.1 Å². The number of anilines is 1. The third kappa shape index (κ3) is 4.69. The van der Waals surface area contributed by atoms with Crippen molar-refractivity contribution in [3.8, 4) is 17.1 Å². The summed E-state index contributed by atoms with van der Waals surface area (Å²) in [6, 6.07) is 15.5. The van der Waals surface area contributed by atoms with Crippen LogP contribution in [-0.4, -0.2) is 15.9 Å². The van der Waals surface area contributed by atoms with E-state index in [1.54, 1.807) is 6.07 Å². The van der Waals surface area contributed by atoms with Gasteiger partial charge in [-0.15, -0.1) is 0 Å². The molecule has 3 aromatic carbocycles. The van der Waals surface area contributed by atoms with Crippen LogP contribution < -0.4 is 5.32 Å². The molecule has 0 unspecified atom stereocenters. The quantitative estimate of drug-likeness (QED) is 0.239. The number of benzene rings is 3. The molecule has 0 spiro atoms. The molecule has 32 heavy (non-hydrogen) atoms. The number of hydrogen-bond donors (Lipinski definition) is 2. The largest absolute Gasteiger partial charge is 0.507 e. The number of furan rings is 1. The lowest BCUT2D eigenvalue weighted by Gasteiger charge is -2.10. The standard InChI is InChI=1S/C21H12Cl2N2O5.C2H6/c22-15-9-14(21(27)24-17-6-5-12(25(28)29)8-16(17)23)18(26)10-13(15)20-7-11-3-1-2-4-19(11)30-20;1-2/h1-10,26H,(H,24,27);1-2H3. The summed E-state index contributed by atoms with van der Waals surface area (Å²) in [6.45, 7) is 4.00. The molecule has 4 aromatic rings. The molecule has 0 saturated carbocycles. The molecule has 1 amide bonds. The maximum absolute atomic E-state index is 12.6. The van der Waals surface area contributed by atoms with Crippen molar-refractivity contribution in [2.45, 2.75) is 13.8 Å². The summed E-state index contributed by atoms with van der Waals surface area (Å²) in [4.78, 5) is 22.8. The Morgan fingerprint density at radius 1 is 1.03 bits per heavy atom. The molecule has 0 atom stereocenters. The van der Waals surface area contributed by atoms with Gasteiger partial charge in [0.2, 0.25) is 0 Å². The molecular weight excluding hydrogens is 455 g/mol. The number of nitro benzene ring substituents is 1. The molecule has 2 N–H and O–H groups in total. The van der Waals surface area contributed by atoms with Crippen LogP contribution >= 0.6 is 23.2 Å². The topological polar surface area (TPSA) is 106 Å². The predicted molar refractivity (Wildman–Crippen MR) is 126 cm³/mol. The Balaban J connectivity index is 0.00000141. The summed E-state index contributed by atoms with van der Waals surface area (Å²) in [5.74, 6) is -0.548. The molecule has 0 fully saturated rings. The van der Waals surface area contributed by atoms with Gasteiger partial charge in [-0.2, -0.15) is 0 Å². The molecule has 164 valence electrons. The van der Waals surface area contributed by atoms with Crippen molar-refractivity contribution in [1.82, 2.24) is 0 Å². The number of halogens is 2. The normalized spacial score (nSPS) is 10.4. The van der Waals surface area contributed by atoms with Crippen LogP contribution in [0.1, 0.15) is 24.2 Å². The van der Waals surface area contributed by atoms with Gasteiger partial charge >= 0.3 is 0 Å². The Morgan fingerprint density at radius 2 is 1.75 bits per heavy atom. The number of nitrogens with zero attached hydrogens (tertiary/aromatic N) is 1. The first-order valence-corrected chi connectivity index (χ1v) is 10.4. The van der Waals surface area contributed by atoms with E-state index in [-0.39, 0.29) is 32.7 Å². The highest BCUT2D eigenvalue weighted by atomic mass is 35.5. The van der Waals surface area contributed by atoms with Crippen molar-refractivity contribution in [2.24, 2.45) is 0 Å². The molecular formula is C23H18Cl2N2O5. The van der Waals surface area contributed by atoms with Gasteiger partial charge in [0, 0.05) is 23.1 Å². The number of rotatable bonds is 4. The van der Waals surface area contributed by atoms with E-state index in [1.807, 2.05) is 38.1 Å². The van der Waals surface area contributed by atoms with Crippen LogP contribution in [-0.2, 0) is 0 Å². The molecule has 0 bridgehead atoms. The van der Waals surface area contributed by atoms with Gasteiger partial charge in [0.25, 0.3) is 11.6 Å². The maximum Gasteiger partial charge on any atom is 0.271 e. The van der Waals surface area contributed by atoms with Gasteiger partial charge in [-0.05, 0) is 30.3 Å². The lowest BCUT2D eigenvalue weighted by Crippen LogP contribution is -2.12. The molecule has 9 heteroatoms. The summed E-state index contributed by atoms with van der Waals surface area (Å²) in [5, 5.41) is 24.8. The highest BCUT2D eigenvalue weighted by Crippen LogP contribution is 2.37. The van der Waals surface area contributed by atoms with E-state index < -0.39 is 10.8 Å². The fourth-order valence-corrected chi connectivity index (χ4v) is 3.43. The van der Waals surface area contributed by atoms with Crippen molar-refractivity contribution >= 4 is 51.5 Å². The number of carbonyl (C=O) groups excluding carboxylic acids is 1. The van der Waals surface area contributed by atoms with Crippen molar-refractivity contribution in [3.63, 3.8) is 0 Å². The van der Waals surface area contributed by atoms with E-state index in [0.29, 0.717) is 16.9 Å². The van der Waals surface area contributed by atoms with Crippen LogP contribution in [0.5, 0.6) is 5.75 Å². The number of para-hydroxylation sites is 1. The third-order valence-electron chi connectivity index (χ3n) is 4.43. The Labute approximate surface area is 193 Å². The highest BCUT2D eigenvalue weighted by molar-refractivity contribution is 6.35. The third-order valence-corrected chi connectivity index (χ3v) is 5.06. The molecule has 4 rings (SSSR count). The molecule has 1 aromatic heterocycles. The second-order valence-corrected chi connectivity index (χ2v) is 7.19. The lowest BCUT2D eigenvalue weighted by atomic mass is 10.1. The lowest BCUT2D eigenvalue weighted by molar-refractivity contribution is -0.384. The van der Waals surface area contributed by atoms with Crippen LogP contribution in [0.4, 0.5) is 11.4 Å². The fraction of sp³-hybridized carbons (Fsp3) is 0.0870. The SMILES string of the molecule is CC.O=C(Nc1ccc([N+](=O)[O-])cc1Cl)c1cc(Cl)c(-c2cc3ccccc3o2)cc1O. The first kappa shape index (κ1) is 23.1. The van der Waals surface area contributed by atoms with Crippen LogP contribution in [0.3, 0.4) is 0 Å². The summed E-state index contributed by atoms with van der Waals surface area (Å²) >= 11 is 12.3. The van der Waals surface area contributed by atoms with Crippen LogP contribution in [0.2, 0.25) is 10.0 Å². The minimum absolute atomic E-state index is 0.0120. The minimum Gasteiger partial charge on any atom is -0.507 e. The van der Waals surface area contributed by atoms with E-state index >= 15 is 0 Å². The molecule has 0 saturated heterocycles. The number of phenolic OH excluding ortho intramolecular Hbond substituents is 1. The Hall–Kier alpha value is -3.55. The zero-order chi connectivity index (χ0) is 23.4. The van der Waals surface area contributed by atoms with Gasteiger partial charge in [-0.1, -0.05) is 55.2 Å². The summed E-state index contributed by atoms with van der Waals surface area (Å²) in [6.07, 6.45) is 0. The number of hydrogen-bond acceptors (Lipinski definition) is 5. The van der Waals surface area contributed by atoms with Crippen molar-refractivity contribution in [2.75, 3.05) is 5.32 Å². The zero-order valence-electron chi connectivity index (χ0n) is 17.1. The number of fused-ring (bicyclic) bond motifs is 1. The monoisotopic (exact) mass is 472 g/mol. The van der Waals surface area contributed by atoms with E-state index in [2.05, 4.69) is 5.32 Å². The number of amides is 1. The van der Waals surface area contributed by atoms with E-state index in [0.717, 1.165) is 11.5 Å². The first-order chi connectivity index (χ1) is 15.3. The van der Waals surface area contributed by atoms with Crippen molar-refractivity contribution in [1.29, 1.82) is 0 Å². The second-order valence-electron chi connectivity index (χ2n) is 6.37. The van der Waals surface area contributed by atoms with Gasteiger partial charge in [-0.3, -0.25) is 14.9 Å².